The molecule has 0 amide bonds. The molecule has 1 aliphatic heterocycles. The van der Waals surface area contributed by atoms with Gasteiger partial charge < -0.3 is 15.6 Å². The summed E-state index contributed by atoms with van der Waals surface area (Å²) in [7, 11) is 0. The third kappa shape index (κ3) is 2.97. The Labute approximate surface area is 123 Å². The topological polar surface area (TPSA) is 75.0 Å². The van der Waals surface area contributed by atoms with Crippen molar-refractivity contribution in [2.75, 3.05) is 18.0 Å². The maximum absolute atomic E-state index is 11.6. The Kier molecular flexibility index (Phi) is 3.75. The molecule has 2 aromatic rings. The number of rotatable bonds is 2. The van der Waals surface area contributed by atoms with Crippen molar-refractivity contribution in [3.8, 4) is 11.3 Å². The largest absolute Gasteiger partial charge is 0.368 e. The van der Waals surface area contributed by atoms with Gasteiger partial charge in [0.15, 0.2) is 0 Å². The number of aromatic nitrogens is 2. The first kappa shape index (κ1) is 13.8. The molecule has 3 rings (SSSR count). The Morgan fingerprint density at radius 2 is 1.90 bits per heavy atom. The molecule has 1 aliphatic rings. The Bertz CT molecular complexity index is 669. The van der Waals surface area contributed by atoms with E-state index in [0.29, 0.717) is 0 Å². The molecule has 0 aliphatic carbocycles. The molecule has 1 aromatic heterocycles. The van der Waals surface area contributed by atoms with Gasteiger partial charge in [-0.25, -0.2) is 4.79 Å². The zero-order valence-electron chi connectivity index (χ0n) is 12.2. The molecule has 21 heavy (non-hydrogen) atoms. The molecule has 0 saturated carbocycles. The van der Waals surface area contributed by atoms with Crippen molar-refractivity contribution in [1.82, 2.24) is 9.97 Å². The van der Waals surface area contributed by atoms with Crippen molar-refractivity contribution >= 4 is 5.69 Å². The van der Waals surface area contributed by atoms with Crippen molar-refractivity contribution in [3.05, 3.63) is 46.5 Å². The summed E-state index contributed by atoms with van der Waals surface area (Å²) in [6, 6.07) is 8.42. The molecular formula is C16H20N4O. The summed E-state index contributed by atoms with van der Waals surface area (Å²) in [6.07, 6.45) is 3.60. The van der Waals surface area contributed by atoms with Gasteiger partial charge in [-0.2, -0.15) is 4.98 Å². The molecule has 0 bridgehead atoms. The van der Waals surface area contributed by atoms with Crippen molar-refractivity contribution < 1.29 is 0 Å². The van der Waals surface area contributed by atoms with E-state index in [0.717, 1.165) is 42.9 Å². The van der Waals surface area contributed by atoms with Gasteiger partial charge in [0, 0.05) is 24.7 Å². The van der Waals surface area contributed by atoms with Gasteiger partial charge in [-0.05, 0) is 19.8 Å². The van der Waals surface area contributed by atoms with Gasteiger partial charge in [0.25, 0.3) is 0 Å². The minimum atomic E-state index is -0.317. The third-order valence-electron chi connectivity index (χ3n) is 4.01. The third-order valence-corrected chi connectivity index (χ3v) is 4.01. The fourth-order valence-electron chi connectivity index (χ4n) is 2.71. The van der Waals surface area contributed by atoms with Crippen LogP contribution in [0.15, 0.2) is 35.3 Å². The molecule has 2 heterocycles. The lowest BCUT2D eigenvalue weighted by atomic mass is 10.0. The SMILES string of the molecule is Cc1ccc(-c2[nH]c(=O)ncc2N2CCC(N)CC2)cc1. The van der Waals surface area contributed by atoms with Crippen LogP contribution in [0.3, 0.4) is 0 Å². The highest BCUT2D eigenvalue weighted by Gasteiger charge is 2.20. The fraction of sp³-hybridized carbons (Fsp3) is 0.375. The van der Waals surface area contributed by atoms with E-state index in [4.69, 9.17) is 5.73 Å². The van der Waals surface area contributed by atoms with Crippen LogP contribution in [0.4, 0.5) is 5.69 Å². The second-order valence-electron chi connectivity index (χ2n) is 5.64. The number of aryl methyl sites for hydroxylation is 1. The number of H-pyrrole nitrogens is 1. The molecule has 5 heteroatoms. The van der Waals surface area contributed by atoms with Crippen LogP contribution in [0.1, 0.15) is 18.4 Å². The van der Waals surface area contributed by atoms with E-state index < -0.39 is 0 Å². The molecule has 1 saturated heterocycles. The van der Waals surface area contributed by atoms with Gasteiger partial charge in [-0.1, -0.05) is 29.8 Å². The number of nitrogens with one attached hydrogen (secondary N) is 1. The van der Waals surface area contributed by atoms with Gasteiger partial charge in [-0.15, -0.1) is 0 Å². The average Bonchev–Trinajstić information content (AvgIpc) is 2.49. The second-order valence-corrected chi connectivity index (χ2v) is 5.64. The number of nitrogens with zero attached hydrogens (tertiary/aromatic N) is 2. The van der Waals surface area contributed by atoms with E-state index in [2.05, 4.69) is 14.9 Å². The number of nitrogens with two attached hydrogens (primary N) is 1. The Balaban J connectivity index is 2.01. The highest BCUT2D eigenvalue weighted by atomic mass is 16.1. The quantitative estimate of drug-likeness (QED) is 0.879. The van der Waals surface area contributed by atoms with Crippen LogP contribution < -0.4 is 16.3 Å². The minimum Gasteiger partial charge on any atom is -0.368 e. The molecule has 1 fully saturated rings. The summed E-state index contributed by atoms with van der Waals surface area (Å²) >= 11 is 0. The van der Waals surface area contributed by atoms with Crippen molar-refractivity contribution in [1.29, 1.82) is 0 Å². The number of hydrogen-bond acceptors (Lipinski definition) is 4. The maximum Gasteiger partial charge on any atom is 0.345 e. The zero-order chi connectivity index (χ0) is 14.8. The van der Waals surface area contributed by atoms with E-state index in [1.165, 1.54) is 5.56 Å². The number of anilines is 1. The predicted molar refractivity (Wildman–Crippen MR) is 84.5 cm³/mol. The Hall–Kier alpha value is -2.14. The molecule has 110 valence electrons. The van der Waals surface area contributed by atoms with Crippen LogP contribution in [0.2, 0.25) is 0 Å². The van der Waals surface area contributed by atoms with Gasteiger partial charge in [0.2, 0.25) is 0 Å². The summed E-state index contributed by atoms with van der Waals surface area (Å²) in [5, 5.41) is 0. The number of hydrogen-bond donors (Lipinski definition) is 2. The van der Waals surface area contributed by atoms with Crippen LogP contribution in [-0.2, 0) is 0 Å². The van der Waals surface area contributed by atoms with Crippen LogP contribution >= 0.6 is 0 Å². The summed E-state index contributed by atoms with van der Waals surface area (Å²) in [5.74, 6) is 0. The summed E-state index contributed by atoms with van der Waals surface area (Å²) in [6.45, 7) is 3.84. The molecule has 0 radical (unpaired) electrons. The highest BCUT2D eigenvalue weighted by molar-refractivity contribution is 5.74. The van der Waals surface area contributed by atoms with E-state index in [9.17, 15) is 4.79 Å². The van der Waals surface area contributed by atoms with E-state index >= 15 is 0 Å². The van der Waals surface area contributed by atoms with Crippen LogP contribution in [0.5, 0.6) is 0 Å². The second kappa shape index (κ2) is 5.69. The molecular weight excluding hydrogens is 264 g/mol. The predicted octanol–water partition coefficient (Wildman–Crippen LogP) is 1.67. The molecule has 0 unspecified atom stereocenters. The summed E-state index contributed by atoms with van der Waals surface area (Å²) < 4.78 is 0. The Morgan fingerprint density at radius 3 is 2.57 bits per heavy atom. The standard InChI is InChI=1S/C16H20N4O/c1-11-2-4-12(5-3-11)15-14(10-18-16(21)19-15)20-8-6-13(17)7-9-20/h2-5,10,13H,6-9,17H2,1H3,(H,18,19,21). The number of aromatic amines is 1. The minimum absolute atomic E-state index is 0.278. The fourth-order valence-corrected chi connectivity index (χ4v) is 2.71. The van der Waals surface area contributed by atoms with Crippen molar-refractivity contribution in [2.45, 2.75) is 25.8 Å². The smallest absolute Gasteiger partial charge is 0.345 e. The zero-order valence-corrected chi connectivity index (χ0v) is 12.2. The lowest BCUT2D eigenvalue weighted by molar-refractivity contribution is 0.501. The first-order valence-corrected chi connectivity index (χ1v) is 7.30. The van der Waals surface area contributed by atoms with Gasteiger partial charge in [0.1, 0.15) is 0 Å². The molecule has 5 nitrogen and oxygen atoms in total. The average molecular weight is 284 g/mol. The van der Waals surface area contributed by atoms with Crippen LogP contribution in [-0.4, -0.2) is 29.1 Å². The van der Waals surface area contributed by atoms with Crippen LogP contribution in [0, 0.1) is 6.92 Å². The summed E-state index contributed by atoms with van der Waals surface area (Å²) in [4.78, 5) is 20.6. The first-order chi connectivity index (χ1) is 10.1. The molecule has 0 atom stereocenters. The van der Waals surface area contributed by atoms with Gasteiger partial charge >= 0.3 is 5.69 Å². The number of piperidine rings is 1. The first-order valence-electron chi connectivity index (χ1n) is 7.30. The number of benzene rings is 1. The van der Waals surface area contributed by atoms with E-state index in [-0.39, 0.29) is 11.7 Å². The lowest BCUT2D eigenvalue weighted by Gasteiger charge is -2.32. The van der Waals surface area contributed by atoms with E-state index in [1.807, 2.05) is 31.2 Å². The molecule has 3 N–H and O–H groups in total. The monoisotopic (exact) mass is 284 g/mol. The maximum atomic E-state index is 11.6. The molecule has 0 spiro atoms. The van der Waals surface area contributed by atoms with Gasteiger partial charge in [-0.3, -0.25) is 0 Å². The normalized spacial score (nSPS) is 16.2. The van der Waals surface area contributed by atoms with Crippen molar-refractivity contribution in [2.24, 2.45) is 5.73 Å². The summed E-state index contributed by atoms with van der Waals surface area (Å²) in [5.41, 5.74) is 9.66. The lowest BCUT2D eigenvalue weighted by Crippen LogP contribution is -2.40. The van der Waals surface area contributed by atoms with Crippen LogP contribution in [0.25, 0.3) is 11.3 Å². The molecule has 1 aromatic carbocycles. The van der Waals surface area contributed by atoms with E-state index in [1.54, 1.807) is 6.20 Å². The van der Waals surface area contributed by atoms with Crippen molar-refractivity contribution in [3.63, 3.8) is 0 Å². The Morgan fingerprint density at radius 1 is 1.24 bits per heavy atom. The van der Waals surface area contributed by atoms with Gasteiger partial charge in [0.05, 0.1) is 17.6 Å². The highest BCUT2D eigenvalue weighted by Crippen LogP contribution is 2.29.